The van der Waals surface area contributed by atoms with E-state index in [1.54, 1.807) is 16.7 Å². The number of carboxylic acids is 1. The molecule has 1 aromatic rings. The van der Waals surface area contributed by atoms with E-state index in [4.69, 9.17) is 5.11 Å². The highest BCUT2D eigenvalue weighted by Gasteiger charge is 2.26. The molecule has 8 heteroatoms. The SMILES string of the molecule is O=C(O)c1cc([N+](=O)[O-])c(N2CCSCC2)cc1F. The molecule has 1 aliphatic rings. The summed E-state index contributed by atoms with van der Waals surface area (Å²) in [6.45, 7) is 1.16. The standard InChI is InChI=1S/C11H11FN2O4S/c12-8-6-9(13-1-3-19-4-2-13)10(14(17)18)5-7(8)11(15)16/h5-6H,1-4H2,(H,15,16). The van der Waals surface area contributed by atoms with Gasteiger partial charge >= 0.3 is 5.97 Å². The third-order valence-corrected chi connectivity index (χ3v) is 3.79. The number of aromatic carboxylic acids is 1. The summed E-state index contributed by atoms with van der Waals surface area (Å²) < 4.78 is 13.7. The normalized spacial score (nSPS) is 15.3. The second-order valence-electron chi connectivity index (χ2n) is 3.98. The predicted molar refractivity (Wildman–Crippen MR) is 69.6 cm³/mol. The average Bonchev–Trinajstić information content (AvgIpc) is 2.38. The third kappa shape index (κ3) is 2.78. The van der Waals surface area contributed by atoms with Crippen molar-refractivity contribution in [1.29, 1.82) is 0 Å². The van der Waals surface area contributed by atoms with Gasteiger partial charge in [0.1, 0.15) is 17.1 Å². The van der Waals surface area contributed by atoms with E-state index >= 15 is 0 Å². The lowest BCUT2D eigenvalue weighted by atomic mass is 10.1. The van der Waals surface area contributed by atoms with Crippen LogP contribution < -0.4 is 4.90 Å². The minimum atomic E-state index is -1.51. The first-order valence-corrected chi connectivity index (χ1v) is 6.70. The van der Waals surface area contributed by atoms with Crippen LogP contribution in [0.4, 0.5) is 15.8 Å². The van der Waals surface area contributed by atoms with Crippen molar-refractivity contribution < 1.29 is 19.2 Å². The van der Waals surface area contributed by atoms with Crippen LogP contribution in [0.25, 0.3) is 0 Å². The Morgan fingerprint density at radius 1 is 1.42 bits per heavy atom. The van der Waals surface area contributed by atoms with Gasteiger partial charge in [-0.3, -0.25) is 10.1 Å². The highest BCUT2D eigenvalue weighted by Crippen LogP contribution is 2.32. The summed E-state index contributed by atoms with van der Waals surface area (Å²) in [6.07, 6.45) is 0. The topological polar surface area (TPSA) is 83.7 Å². The number of rotatable bonds is 3. The van der Waals surface area contributed by atoms with Gasteiger partial charge in [-0.05, 0) is 0 Å². The Morgan fingerprint density at radius 2 is 2.05 bits per heavy atom. The largest absolute Gasteiger partial charge is 0.478 e. The number of halogens is 1. The highest BCUT2D eigenvalue weighted by atomic mass is 32.2. The third-order valence-electron chi connectivity index (χ3n) is 2.84. The van der Waals surface area contributed by atoms with Crippen LogP contribution in [-0.4, -0.2) is 40.6 Å². The number of thioether (sulfide) groups is 1. The lowest BCUT2D eigenvalue weighted by Gasteiger charge is -2.28. The van der Waals surface area contributed by atoms with E-state index in [1.807, 2.05) is 0 Å². The zero-order chi connectivity index (χ0) is 14.0. The molecule has 1 fully saturated rings. The van der Waals surface area contributed by atoms with E-state index in [1.165, 1.54) is 0 Å². The van der Waals surface area contributed by atoms with Crippen LogP contribution in [0.5, 0.6) is 0 Å². The molecule has 1 N–H and O–H groups in total. The molecule has 1 saturated heterocycles. The van der Waals surface area contributed by atoms with Gasteiger partial charge in [0.15, 0.2) is 0 Å². The minimum Gasteiger partial charge on any atom is -0.478 e. The van der Waals surface area contributed by atoms with Crippen molar-refractivity contribution in [3.05, 3.63) is 33.6 Å². The number of carboxylic acid groups (broad SMARTS) is 1. The second kappa shape index (κ2) is 5.43. The van der Waals surface area contributed by atoms with Gasteiger partial charge in [0, 0.05) is 36.7 Å². The van der Waals surface area contributed by atoms with Crippen molar-refractivity contribution >= 4 is 29.1 Å². The first-order valence-electron chi connectivity index (χ1n) is 5.54. The monoisotopic (exact) mass is 286 g/mol. The van der Waals surface area contributed by atoms with Crippen molar-refractivity contribution in [2.45, 2.75) is 0 Å². The number of anilines is 1. The van der Waals surface area contributed by atoms with Crippen LogP contribution >= 0.6 is 11.8 Å². The Morgan fingerprint density at radius 3 is 2.58 bits per heavy atom. The molecule has 2 rings (SSSR count). The molecule has 19 heavy (non-hydrogen) atoms. The van der Waals surface area contributed by atoms with Crippen molar-refractivity contribution in [3.63, 3.8) is 0 Å². The maximum absolute atomic E-state index is 13.7. The molecule has 0 amide bonds. The Bertz CT molecular complexity index is 532. The number of carbonyl (C=O) groups is 1. The Labute approximate surface area is 112 Å². The van der Waals surface area contributed by atoms with Crippen molar-refractivity contribution in [3.8, 4) is 0 Å². The molecule has 6 nitrogen and oxygen atoms in total. The van der Waals surface area contributed by atoms with E-state index in [-0.39, 0.29) is 11.4 Å². The van der Waals surface area contributed by atoms with Gasteiger partial charge in [-0.25, -0.2) is 9.18 Å². The smallest absolute Gasteiger partial charge is 0.338 e. The molecule has 0 radical (unpaired) electrons. The molecule has 0 aromatic heterocycles. The first-order chi connectivity index (χ1) is 9.00. The summed E-state index contributed by atoms with van der Waals surface area (Å²) in [5.41, 5.74) is -0.902. The van der Waals surface area contributed by atoms with Crippen molar-refractivity contribution in [1.82, 2.24) is 0 Å². The fourth-order valence-electron chi connectivity index (χ4n) is 1.92. The molecule has 0 spiro atoms. The molecular weight excluding hydrogens is 275 g/mol. The van der Waals surface area contributed by atoms with Crippen LogP contribution in [0.15, 0.2) is 12.1 Å². The zero-order valence-corrected chi connectivity index (χ0v) is 10.7. The summed E-state index contributed by atoms with van der Waals surface area (Å²) in [4.78, 5) is 22.8. The molecule has 0 unspecified atom stereocenters. The van der Waals surface area contributed by atoms with E-state index in [9.17, 15) is 19.3 Å². The molecule has 0 bridgehead atoms. The van der Waals surface area contributed by atoms with Crippen LogP contribution in [-0.2, 0) is 0 Å². The van der Waals surface area contributed by atoms with Crippen molar-refractivity contribution in [2.75, 3.05) is 29.5 Å². The van der Waals surface area contributed by atoms with E-state index in [0.717, 1.165) is 23.6 Å². The lowest BCUT2D eigenvalue weighted by molar-refractivity contribution is -0.384. The molecule has 1 heterocycles. The first kappa shape index (κ1) is 13.6. The number of nitro groups is 1. The quantitative estimate of drug-likeness (QED) is 0.675. The zero-order valence-electron chi connectivity index (χ0n) is 9.84. The molecule has 1 aliphatic heterocycles. The predicted octanol–water partition coefficient (Wildman–Crippen LogP) is 1.99. The van der Waals surface area contributed by atoms with Gasteiger partial charge in [-0.1, -0.05) is 0 Å². The van der Waals surface area contributed by atoms with E-state index < -0.39 is 22.3 Å². The average molecular weight is 286 g/mol. The van der Waals surface area contributed by atoms with Crippen molar-refractivity contribution in [2.24, 2.45) is 0 Å². The fourth-order valence-corrected chi connectivity index (χ4v) is 2.82. The summed E-state index contributed by atoms with van der Waals surface area (Å²) in [6, 6.07) is 1.73. The van der Waals surface area contributed by atoms with Gasteiger partial charge < -0.3 is 10.0 Å². The van der Waals surface area contributed by atoms with Crippen LogP contribution in [0.2, 0.25) is 0 Å². The van der Waals surface area contributed by atoms with Gasteiger partial charge in [0.2, 0.25) is 0 Å². The number of nitrogens with zero attached hydrogens (tertiary/aromatic N) is 2. The summed E-state index contributed by atoms with van der Waals surface area (Å²) in [5, 5.41) is 19.8. The minimum absolute atomic E-state index is 0.146. The summed E-state index contributed by atoms with van der Waals surface area (Å²) in [5.74, 6) is -0.855. The molecular formula is C11H11FN2O4S. The molecule has 1 aromatic carbocycles. The molecule has 0 atom stereocenters. The lowest BCUT2D eigenvalue weighted by Crippen LogP contribution is -2.33. The molecule has 0 saturated carbocycles. The summed E-state index contributed by atoms with van der Waals surface area (Å²) >= 11 is 1.72. The number of nitro benzene ring substituents is 1. The maximum atomic E-state index is 13.7. The van der Waals surface area contributed by atoms with Gasteiger partial charge in [-0.2, -0.15) is 11.8 Å². The number of benzene rings is 1. The number of hydrogen-bond acceptors (Lipinski definition) is 5. The second-order valence-corrected chi connectivity index (χ2v) is 5.21. The number of hydrogen-bond donors (Lipinski definition) is 1. The highest BCUT2D eigenvalue weighted by molar-refractivity contribution is 7.99. The van der Waals surface area contributed by atoms with Crippen LogP contribution in [0.3, 0.4) is 0 Å². The Hall–Kier alpha value is -1.83. The van der Waals surface area contributed by atoms with Gasteiger partial charge in [0.25, 0.3) is 5.69 Å². The van der Waals surface area contributed by atoms with Crippen LogP contribution in [0, 0.1) is 15.9 Å². The van der Waals surface area contributed by atoms with Gasteiger partial charge in [-0.15, -0.1) is 0 Å². The Balaban J connectivity index is 2.49. The fraction of sp³-hybridized carbons (Fsp3) is 0.364. The Kier molecular flexibility index (Phi) is 3.89. The van der Waals surface area contributed by atoms with E-state index in [2.05, 4.69) is 0 Å². The summed E-state index contributed by atoms with van der Waals surface area (Å²) in [7, 11) is 0. The van der Waals surface area contributed by atoms with Gasteiger partial charge in [0.05, 0.1) is 4.92 Å². The van der Waals surface area contributed by atoms with E-state index in [0.29, 0.717) is 13.1 Å². The molecule has 0 aliphatic carbocycles. The molecule has 102 valence electrons. The maximum Gasteiger partial charge on any atom is 0.338 e. The van der Waals surface area contributed by atoms with Crippen LogP contribution in [0.1, 0.15) is 10.4 Å².